The van der Waals surface area contributed by atoms with Crippen LogP contribution in [0.15, 0.2) is 42.6 Å². The second-order valence-corrected chi connectivity index (χ2v) is 8.67. The van der Waals surface area contributed by atoms with Crippen LogP contribution < -0.4 is 5.32 Å². The minimum absolute atomic E-state index is 0.228. The van der Waals surface area contributed by atoms with Crippen LogP contribution in [0.3, 0.4) is 0 Å². The molecule has 1 aromatic carbocycles. The summed E-state index contributed by atoms with van der Waals surface area (Å²) in [5.41, 5.74) is 1.24. The van der Waals surface area contributed by atoms with Crippen molar-refractivity contribution in [1.29, 1.82) is 0 Å². The predicted octanol–water partition coefficient (Wildman–Crippen LogP) is 4.06. The van der Waals surface area contributed by atoms with E-state index in [0.717, 1.165) is 36.4 Å². The number of ether oxygens (including phenoxy) is 1. The summed E-state index contributed by atoms with van der Waals surface area (Å²) < 4.78 is 7.30. The van der Waals surface area contributed by atoms with Crippen LogP contribution in [0, 0.1) is 5.92 Å². The highest BCUT2D eigenvalue weighted by molar-refractivity contribution is 5.68. The van der Waals surface area contributed by atoms with Crippen LogP contribution >= 0.6 is 0 Å². The monoisotopic (exact) mass is 408 g/mol. The van der Waals surface area contributed by atoms with Gasteiger partial charge >= 0.3 is 6.09 Å². The number of piperidine rings is 1. The van der Waals surface area contributed by atoms with E-state index in [1.807, 2.05) is 61.7 Å². The highest BCUT2D eigenvalue weighted by atomic mass is 16.6. The third-order valence-corrected chi connectivity index (χ3v) is 5.09. The summed E-state index contributed by atoms with van der Waals surface area (Å²) >= 11 is 0. The molecule has 1 fully saturated rings. The van der Waals surface area contributed by atoms with E-state index in [1.165, 1.54) is 0 Å². The quantitative estimate of drug-likeness (QED) is 0.701. The number of para-hydroxylation sites is 1. The normalized spacial score (nSPS) is 15.4. The Labute approximate surface area is 176 Å². The lowest BCUT2D eigenvalue weighted by Crippen LogP contribution is -2.42. The highest BCUT2D eigenvalue weighted by Crippen LogP contribution is 2.23. The molecule has 158 valence electrons. The number of likely N-dealkylation sites (tertiary alicyclic amines) is 1. The minimum atomic E-state index is -0.466. The Balaban J connectivity index is 1.40. The van der Waals surface area contributed by atoms with Gasteiger partial charge in [-0.3, -0.25) is 0 Å². The molecule has 3 heterocycles. The van der Waals surface area contributed by atoms with Crippen LogP contribution in [-0.4, -0.2) is 49.3 Å². The lowest BCUT2D eigenvalue weighted by Gasteiger charge is -2.33. The maximum absolute atomic E-state index is 12.3. The molecule has 1 amide bonds. The zero-order valence-electron chi connectivity index (χ0n) is 17.7. The summed E-state index contributed by atoms with van der Waals surface area (Å²) in [5, 5.41) is 7.84. The Morgan fingerprint density at radius 2 is 1.90 bits per heavy atom. The van der Waals surface area contributed by atoms with Crippen molar-refractivity contribution in [2.24, 2.45) is 5.92 Å². The molecule has 1 aliphatic heterocycles. The van der Waals surface area contributed by atoms with E-state index in [1.54, 1.807) is 11.1 Å². The molecule has 2 aromatic heterocycles. The summed E-state index contributed by atoms with van der Waals surface area (Å²) in [5.74, 6) is 1.88. The second-order valence-electron chi connectivity index (χ2n) is 8.67. The number of rotatable bonds is 4. The Bertz CT molecular complexity index is 1000. The van der Waals surface area contributed by atoms with Gasteiger partial charge in [-0.2, -0.15) is 9.50 Å². The fraction of sp³-hybridized carbons (Fsp3) is 0.455. The maximum atomic E-state index is 12.3. The molecule has 0 radical (unpaired) electrons. The van der Waals surface area contributed by atoms with E-state index in [2.05, 4.69) is 20.4 Å². The third kappa shape index (κ3) is 4.87. The van der Waals surface area contributed by atoms with Crippen molar-refractivity contribution in [2.45, 2.75) is 45.6 Å². The third-order valence-electron chi connectivity index (χ3n) is 5.09. The molecule has 30 heavy (non-hydrogen) atoms. The number of aromatic nitrogens is 4. The van der Waals surface area contributed by atoms with Gasteiger partial charge in [0, 0.05) is 37.5 Å². The van der Waals surface area contributed by atoms with Gasteiger partial charge in [0.05, 0.1) is 0 Å². The van der Waals surface area contributed by atoms with E-state index < -0.39 is 5.60 Å². The van der Waals surface area contributed by atoms with Gasteiger partial charge in [-0.05, 0) is 51.7 Å². The topological polar surface area (TPSA) is 84.6 Å². The van der Waals surface area contributed by atoms with Crippen molar-refractivity contribution in [3.05, 3.63) is 48.4 Å². The molecular weight excluding hydrogens is 380 g/mol. The number of anilines is 2. The van der Waals surface area contributed by atoms with Gasteiger partial charge in [-0.25, -0.2) is 9.78 Å². The summed E-state index contributed by atoms with van der Waals surface area (Å²) in [6.07, 6.45) is 4.19. The molecule has 0 aliphatic carbocycles. The lowest BCUT2D eigenvalue weighted by molar-refractivity contribution is 0.0183. The number of nitrogens with zero attached hydrogens (tertiary/aromatic N) is 5. The van der Waals surface area contributed by atoms with Crippen LogP contribution in [0.1, 0.15) is 39.4 Å². The number of carbonyl (C=O) groups excluding carboxylic acids is 1. The Hall–Kier alpha value is -3.16. The minimum Gasteiger partial charge on any atom is -0.444 e. The standard InChI is InChI=1S/C22H28N6O2/c1-22(2,3)30-21(29)27-13-10-16(11-14-27)15-19-23-12-9-18-25-20(26-28(18)19)24-17-7-5-4-6-8-17/h4-9,12,16H,10-11,13-15H2,1-3H3,(H,24,26). The van der Waals surface area contributed by atoms with E-state index >= 15 is 0 Å². The van der Waals surface area contributed by atoms with Crippen LogP contribution in [0.4, 0.5) is 16.4 Å². The number of hydrogen-bond donors (Lipinski definition) is 1. The number of benzene rings is 1. The molecule has 0 bridgehead atoms. The molecule has 0 saturated carbocycles. The molecule has 8 heteroatoms. The summed E-state index contributed by atoms with van der Waals surface area (Å²) in [7, 11) is 0. The first-order valence-corrected chi connectivity index (χ1v) is 10.4. The number of hydrogen-bond acceptors (Lipinski definition) is 6. The Kier molecular flexibility index (Phi) is 5.57. The van der Waals surface area contributed by atoms with Crippen LogP contribution in [0.2, 0.25) is 0 Å². The molecular formula is C22H28N6O2. The Morgan fingerprint density at radius 3 is 2.60 bits per heavy atom. The zero-order valence-corrected chi connectivity index (χ0v) is 17.7. The average Bonchev–Trinajstić information content (AvgIpc) is 3.11. The van der Waals surface area contributed by atoms with Crippen LogP contribution in [0.5, 0.6) is 0 Å². The van der Waals surface area contributed by atoms with Gasteiger partial charge in [0.2, 0.25) is 5.95 Å². The predicted molar refractivity (Wildman–Crippen MR) is 115 cm³/mol. The van der Waals surface area contributed by atoms with E-state index in [0.29, 0.717) is 25.0 Å². The first kappa shape index (κ1) is 20.1. The van der Waals surface area contributed by atoms with Crippen molar-refractivity contribution < 1.29 is 9.53 Å². The van der Waals surface area contributed by atoms with Gasteiger partial charge in [0.1, 0.15) is 11.4 Å². The molecule has 3 aromatic rings. The van der Waals surface area contributed by atoms with Gasteiger partial charge < -0.3 is 15.0 Å². The van der Waals surface area contributed by atoms with E-state index in [-0.39, 0.29) is 6.09 Å². The van der Waals surface area contributed by atoms with Crippen molar-refractivity contribution in [3.63, 3.8) is 0 Å². The van der Waals surface area contributed by atoms with Gasteiger partial charge in [-0.1, -0.05) is 18.2 Å². The maximum Gasteiger partial charge on any atom is 0.410 e. The largest absolute Gasteiger partial charge is 0.444 e. The molecule has 1 N–H and O–H groups in total. The fourth-order valence-corrected chi connectivity index (χ4v) is 3.61. The summed E-state index contributed by atoms with van der Waals surface area (Å²) in [6.45, 7) is 7.08. The molecule has 8 nitrogen and oxygen atoms in total. The second kappa shape index (κ2) is 8.30. The van der Waals surface area contributed by atoms with Crippen molar-refractivity contribution in [3.8, 4) is 0 Å². The molecule has 4 rings (SSSR count). The fourth-order valence-electron chi connectivity index (χ4n) is 3.61. The van der Waals surface area contributed by atoms with Crippen molar-refractivity contribution >= 4 is 23.4 Å². The van der Waals surface area contributed by atoms with Crippen LogP contribution in [0.25, 0.3) is 5.65 Å². The van der Waals surface area contributed by atoms with Crippen molar-refractivity contribution in [2.75, 3.05) is 18.4 Å². The zero-order chi connectivity index (χ0) is 21.1. The summed E-state index contributed by atoms with van der Waals surface area (Å²) in [4.78, 5) is 23.2. The summed E-state index contributed by atoms with van der Waals surface area (Å²) in [6, 6.07) is 11.7. The molecule has 1 saturated heterocycles. The average molecular weight is 409 g/mol. The molecule has 0 spiro atoms. The first-order chi connectivity index (χ1) is 14.4. The molecule has 0 atom stereocenters. The lowest BCUT2D eigenvalue weighted by atomic mass is 9.93. The van der Waals surface area contributed by atoms with E-state index in [9.17, 15) is 4.79 Å². The molecule has 1 aliphatic rings. The molecule has 0 unspecified atom stereocenters. The van der Waals surface area contributed by atoms with E-state index in [4.69, 9.17) is 4.74 Å². The number of nitrogens with one attached hydrogen (secondary N) is 1. The van der Waals surface area contributed by atoms with Gasteiger partial charge in [-0.15, -0.1) is 5.10 Å². The number of amides is 1. The SMILES string of the molecule is CC(C)(C)OC(=O)N1CCC(Cc2nccc3nc(Nc4ccccc4)nn23)CC1. The highest BCUT2D eigenvalue weighted by Gasteiger charge is 2.27. The smallest absolute Gasteiger partial charge is 0.410 e. The number of fused-ring (bicyclic) bond motifs is 1. The van der Waals surface area contributed by atoms with Crippen LogP contribution in [-0.2, 0) is 11.2 Å². The van der Waals surface area contributed by atoms with Gasteiger partial charge in [0.15, 0.2) is 5.65 Å². The Morgan fingerprint density at radius 1 is 1.17 bits per heavy atom. The van der Waals surface area contributed by atoms with Gasteiger partial charge in [0.25, 0.3) is 0 Å². The first-order valence-electron chi connectivity index (χ1n) is 10.4. The number of carbonyl (C=O) groups is 1. The van der Waals surface area contributed by atoms with Crippen molar-refractivity contribution in [1.82, 2.24) is 24.5 Å².